The van der Waals surface area contributed by atoms with E-state index in [-0.39, 0.29) is 11.8 Å². The van der Waals surface area contributed by atoms with Gasteiger partial charge in [0.05, 0.1) is 0 Å². The van der Waals surface area contributed by atoms with Gasteiger partial charge in [0.25, 0.3) is 5.91 Å². The third kappa shape index (κ3) is 3.59. The van der Waals surface area contributed by atoms with Crippen molar-refractivity contribution in [1.29, 1.82) is 0 Å². The average molecular weight is 290 g/mol. The highest BCUT2D eigenvalue weighted by atomic mass is 16.4. The Hall–Kier alpha value is -2.37. The Labute approximate surface area is 122 Å². The molecule has 0 saturated carbocycles. The first-order valence-corrected chi connectivity index (χ1v) is 6.90. The monoisotopic (exact) mass is 290 g/mol. The lowest BCUT2D eigenvalue weighted by Crippen LogP contribution is -2.47. The van der Waals surface area contributed by atoms with Gasteiger partial charge >= 0.3 is 5.97 Å². The normalized spacial score (nSPS) is 18.1. The van der Waals surface area contributed by atoms with Gasteiger partial charge in [-0.1, -0.05) is 0 Å². The van der Waals surface area contributed by atoms with Gasteiger partial charge in [-0.2, -0.15) is 0 Å². The molecule has 1 aromatic rings. The quantitative estimate of drug-likeness (QED) is 0.887. The lowest BCUT2D eigenvalue weighted by molar-refractivity contribution is -0.143. The number of hydrogen-bond donors (Lipinski definition) is 2. The average Bonchev–Trinajstić information content (AvgIpc) is 2.46. The van der Waals surface area contributed by atoms with Gasteiger partial charge in [-0.3, -0.25) is 9.59 Å². The summed E-state index contributed by atoms with van der Waals surface area (Å²) in [6, 6.07) is 5.71. The van der Waals surface area contributed by atoms with Crippen molar-refractivity contribution in [3.8, 4) is 0 Å². The molecule has 1 fully saturated rings. The SMILES string of the molecule is CC(=O)Nc1ccc(C(=O)N2CCCC[C@H]2C(=O)O)cc1. The summed E-state index contributed by atoms with van der Waals surface area (Å²) in [5, 5.41) is 11.8. The predicted octanol–water partition coefficient (Wildman–Crippen LogP) is 1.72. The summed E-state index contributed by atoms with van der Waals surface area (Å²) < 4.78 is 0. The molecule has 0 aromatic heterocycles. The molecular weight excluding hydrogens is 272 g/mol. The maximum atomic E-state index is 12.4. The molecule has 1 aromatic carbocycles. The van der Waals surface area contributed by atoms with Crippen LogP contribution in [0.3, 0.4) is 0 Å². The number of carbonyl (C=O) groups is 3. The molecule has 1 saturated heterocycles. The fraction of sp³-hybridized carbons (Fsp3) is 0.400. The topological polar surface area (TPSA) is 86.7 Å². The number of anilines is 1. The Morgan fingerprint density at radius 1 is 1.19 bits per heavy atom. The summed E-state index contributed by atoms with van der Waals surface area (Å²) >= 11 is 0. The van der Waals surface area contributed by atoms with Crippen LogP contribution < -0.4 is 5.32 Å². The van der Waals surface area contributed by atoms with E-state index in [1.165, 1.54) is 11.8 Å². The summed E-state index contributed by atoms with van der Waals surface area (Å²) in [6.45, 7) is 1.87. The minimum Gasteiger partial charge on any atom is -0.480 e. The Bertz CT molecular complexity index is 553. The Morgan fingerprint density at radius 2 is 1.86 bits per heavy atom. The highest BCUT2D eigenvalue weighted by Gasteiger charge is 2.32. The molecule has 1 atom stereocenters. The number of carboxylic acid groups (broad SMARTS) is 1. The van der Waals surface area contributed by atoms with Crippen LogP contribution in [0.2, 0.25) is 0 Å². The van der Waals surface area contributed by atoms with Crippen molar-refractivity contribution in [3.63, 3.8) is 0 Å². The van der Waals surface area contributed by atoms with Crippen LogP contribution >= 0.6 is 0 Å². The molecular formula is C15H18N2O4. The van der Waals surface area contributed by atoms with Crippen LogP contribution in [0.5, 0.6) is 0 Å². The number of nitrogens with one attached hydrogen (secondary N) is 1. The van der Waals surface area contributed by atoms with Gasteiger partial charge in [-0.25, -0.2) is 4.79 Å². The Balaban J connectivity index is 2.14. The van der Waals surface area contributed by atoms with Crippen molar-refractivity contribution in [3.05, 3.63) is 29.8 Å². The van der Waals surface area contributed by atoms with Gasteiger partial charge in [0, 0.05) is 24.7 Å². The standard InChI is InChI=1S/C15H18N2O4/c1-10(18)16-12-7-5-11(6-8-12)14(19)17-9-3-2-4-13(17)15(20)21/h5-8,13H,2-4,9H2,1H3,(H,16,18)(H,20,21)/t13-/m0/s1. The summed E-state index contributed by atoms with van der Waals surface area (Å²) in [4.78, 5) is 36.0. The van der Waals surface area contributed by atoms with Gasteiger partial charge in [0.15, 0.2) is 0 Å². The molecule has 6 nitrogen and oxygen atoms in total. The van der Waals surface area contributed by atoms with E-state index in [1.807, 2.05) is 0 Å². The van der Waals surface area contributed by atoms with E-state index in [2.05, 4.69) is 5.32 Å². The van der Waals surface area contributed by atoms with Crippen LogP contribution in [0.1, 0.15) is 36.5 Å². The van der Waals surface area contributed by atoms with E-state index in [1.54, 1.807) is 24.3 Å². The second kappa shape index (κ2) is 6.39. The van der Waals surface area contributed by atoms with E-state index in [9.17, 15) is 19.5 Å². The van der Waals surface area contributed by atoms with Gasteiger partial charge < -0.3 is 15.3 Å². The zero-order valence-electron chi connectivity index (χ0n) is 11.8. The Kier molecular flexibility index (Phi) is 4.57. The number of aliphatic carboxylic acids is 1. The first-order valence-electron chi connectivity index (χ1n) is 6.90. The van der Waals surface area contributed by atoms with Crippen LogP contribution in [0.4, 0.5) is 5.69 Å². The zero-order valence-corrected chi connectivity index (χ0v) is 11.8. The van der Waals surface area contributed by atoms with E-state index >= 15 is 0 Å². The van der Waals surface area contributed by atoms with Gasteiger partial charge in [0.1, 0.15) is 6.04 Å². The number of likely N-dealkylation sites (tertiary alicyclic amines) is 1. The molecule has 6 heteroatoms. The van der Waals surface area contributed by atoms with E-state index in [0.29, 0.717) is 24.2 Å². The number of hydrogen-bond acceptors (Lipinski definition) is 3. The number of benzene rings is 1. The number of nitrogens with zero attached hydrogens (tertiary/aromatic N) is 1. The molecule has 0 bridgehead atoms. The molecule has 0 unspecified atom stereocenters. The molecule has 0 spiro atoms. The highest BCUT2D eigenvalue weighted by molar-refractivity contribution is 5.97. The molecule has 1 aliphatic heterocycles. The number of carbonyl (C=O) groups excluding carboxylic acids is 2. The molecule has 0 radical (unpaired) electrons. The molecule has 112 valence electrons. The zero-order chi connectivity index (χ0) is 15.4. The third-order valence-electron chi connectivity index (χ3n) is 3.50. The van der Waals surface area contributed by atoms with Crippen molar-refractivity contribution in [1.82, 2.24) is 4.90 Å². The predicted molar refractivity (Wildman–Crippen MR) is 77.1 cm³/mol. The number of piperidine rings is 1. The number of rotatable bonds is 3. The summed E-state index contributed by atoms with van der Waals surface area (Å²) in [6.07, 6.45) is 2.13. The maximum Gasteiger partial charge on any atom is 0.326 e. The largest absolute Gasteiger partial charge is 0.480 e. The van der Waals surface area contributed by atoms with E-state index in [0.717, 1.165) is 12.8 Å². The molecule has 1 heterocycles. The molecule has 0 aliphatic carbocycles. The molecule has 2 amide bonds. The van der Waals surface area contributed by atoms with Crippen molar-refractivity contribution >= 4 is 23.5 Å². The Morgan fingerprint density at radius 3 is 2.43 bits per heavy atom. The first-order chi connectivity index (χ1) is 9.99. The smallest absolute Gasteiger partial charge is 0.326 e. The highest BCUT2D eigenvalue weighted by Crippen LogP contribution is 2.20. The van der Waals surface area contributed by atoms with Crippen LogP contribution in [-0.4, -0.2) is 40.4 Å². The summed E-state index contributed by atoms with van der Waals surface area (Å²) in [5.41, 5.74) is 1.03. The van der Waals surface area contributed by atoms with Crippen LogP contribution in [-0.2, 0) is 9.59 Å². The van der Waals surface area contributed by atoms with E-state index < -0.39 is 12.0 Å². The fourth-order valence-electron chi connectivity index (χ4n) is 2.50. The van der Waals surface area contributed by atoms with Crippen molar-refractivity contribution in [2.45, 2.75) is 32.2 Å². The van der Waals surface area contributed by atoms with Crippen molar-refractivity contribution < 1.29 is 19.5 Å². The summed E-state index contributed by atoms with van der Waals surface area (Å²) in [7, 11) is 0. The van der Waals surface area contributed by atoms with Gasteiger partial charge in [-0.15, -0.1) is 0 Å². The summed E-state index contributed by atoms with van der Waals surface area (Å²) in [5.74, 6) is -1.43. The lowest BCUT2D eigenvalue weighted by Gasteiger charge is -2.33. The van der Waals surface area contributed by atoms with Gasteiger partial charge in [-0.05, 0) is 43.5 Å². The molecule has 21 heavy (non-hydrogen) atoms. The lowest BCUT2D eigenvalue weighted by atomic mass is 10.0. The van der Waals surface area contributed by atoms with Crippen LogP contribution in [0.15, 0.2) is 24.3 Å². The van der Waals surface area contributed by atoms with Gasteiger partial charge in [0.2, 0.25) is 5.91 Å². The van der Waals surface area contributed by atoms with Crippen molar-refractivity contribution in [2.24, 2.45) is 0 Å². The second-order valence-electron chi connectivity index (χ2n) is 5.11. The molecule has 2 N–H and O–H groups in total. The minimum atomic E-state index is -0.960. The van der Waals surface area contributed by atoms with Crippen LogP contribution in [0.25, 0.3) is 0 Å². The second-order valence-corrected chi connectivity index (χ2v) is 5.11. The van der Waals surface area contributed by atoms with E-state index in [4.69, 9.17) is 0 Å². The fourth-order valence-corrected chi connectivity index (χ4v) is 2.50. The first kappa shape index (κ1) is 15.0. The molecule has 2 rings (SSSR count). The van der Waals surface area contributed by atoms with Crippen LogP contribution in [0, 0.1) is 0 Å². The maximum absolute atomic E-state index is 12.4. The minimum absolute atomic E-state index is 0.184. The number of carboxylic acids is 1. The number of amides is 2. The third-order valence-corrected chi connectivity index (χ3v) is 3.50. The van der Waals surface area contributed by atoms with Crippen molar-refractivity contribution in [2.75, 3.05) is 11.9 Å². The molecule has 1 aliphatic rings.